The highest BCUT2D eigenvalue weighted by Crippen LogP contribution is 2.26. The molecule has 4 rings (SSSR count). The Morgan fingerprint density at radius 2 is 1.74 bits per heavy atom. The van der Waals surface area contributed by atoms with Crippen molar-refractivity contribution in [1.29, 1.82) is 0 Å². The van der Waals surface area contributed by atoms with E-state index in [1.54, 1.807) is 24.3 Å². The van der Waals surface area contributed by atoms with Gasteiger partial charge in [-0.3, -0.25) is 19.8 Å². The van der Waals surface area contributed by atoms with Crippen LogP contribution >= 0.6 is 28.1 Å². The van der Waals surface area contributed by atoms with Gasteiger partial charge >= 0.3 is 0 Å². The van der Waals surface area contributed by atoms with Crippen LogP contribution < -0.4 is 15.1 Å². The summed E-state index contributed by atoms with van der Waals surface area (Å²) >= 11 is 8.67. The SMILES string of the molecule is CN(C)c1ccc(-n2cccc2/C=C2\C(=O)NC(=S)N(c3cccc(Br)c3)C2=O)cc1. The van der Waals surface area contributed by atoms with E-state index in [-0.39, 0.29) is 10.7 Å². The highest BCUT2D eigenvalue weighted by Gasteiger charge is 2.34. The molecule has 2 amide bonds. The van der Waals surface area contributed by atoms with E-state index in [1.165, 1.54) is 4.90 Å². The summed E-state index contributed by atoms with van der Waals surface area (Å²) in [7, 11) is 3.96. The highest BCUT2D eigenvalue weighted by atomic mass is 79.9. The van der Waals surface area contributed by atoms with Crippen molar-refractivity contribution in [3.63, 3.8) is 0 Å². The molecule has 0 atom stereocenters. The van der Waals surface area contributed by atoms with Crippen LogP contribution in [0.15, 0.2) is 76.9 Å². The van der Waals surface area contributed by atoms with Crippen LogP contribution in [0.3, 0.4) is 0 Å². The normalized spacial score (nSPS) is 15.4. The van der Waals surface area contributed by atoms with Gasteiger partial charge in [0.25, 0.3) is 11.8 Å². The molecule has 0 aliphatic carbocycles. The van der Waals surface area contributed by atoms with E-state index in [9.17, 15) is 9.59 Å². The Labute approximate surface area is 193 Å². The molecule has 31 heavy (non-hydrogen) atoms. The first kappa shape index (κ1) is 21.0. The summed E-state index contributed by atoms with van der Waals surface area (Å²) in [6.07, 6.45) is 3.48. The van der Waals surface area contributed by atoms with Crippen LogP contribution in [0, 0.1) is 0 Å². The lowest BCUT2D eigenvalue weighted by atomic mass is 10.1. The van der Waals surface area contributed by atoms with E-state index in [2.05, 4.69) is 21.2 Å². The number of thiocarbonyl (C=S) groups is 1. The van der Waals surface area contributed by atoms with Crippen molar-refractivity contribution in [1.82, 2.24) is 9.88 Å². The topological polar surface area (TPSA) is 57.6 Å². The summed E-state index contributed by atoms with van der Waals surface area (Å²) in [5, 5.41) is 2.67. The zero-order valence-electron chi connectivity index (χ0n) is 16.9. The van der Waals surface area contributed by atoms with Crippen LogP contribution in [-0.4, -0.2) is 35.6 Å². The van der Waals surface area contributed by atoms with Crippen molar-refractivity contribution in [3.8, 4) is 5.69 Å². The monoisotopic (exact) mass is 494 g/mol. The third-order valence-electron chi connectivity index (χ3n) is 4.88. The molecule has 0 radical (unpaired) electrons. The lowest BCUT2D eigenvalue weighted by Gasteiger charge is -2.29. The average Bonchev–Trinajstić information content (AvgIpc) is 3.19. The number of carbonyl (C=O) groups excluding carboxylic acids is 2. The fraction of sp³-hybridized carbons (Fsp3) is 0.0870. The highest BCUT2D eigenvalue weighted by molar-refractivity contribution is 9.10. The number of hydrogen-bond donors (Lipinski definition) is 1. The molecule has 6 nitrogen and oxygen atoms in total. The molecular weight excluding hydrogens is 476 g/mol. The van der Waals surface area contributed by atoms with Gasteiger partial charge in [0.1, 0.15) is 5.57 Å². The van der Waals surface area contributed by atoms with Gasteiger partial charge in [0.15, 0.2) is 5.11 Å². The molecule has 1 saturated heterocycles. The van der Waals surface area contributed by atoms with Crippen LogP contribution in [0.5, 0.6) is 0 Å². The first-order valence-electron chi connectivity index (χ1n) is 9.47. The van der Waals surface area contributed by atoms with Gasteiger partial charge in [-0.2, -0.15) is 0 Å². The van der Waals surface area contributed by atoms with E-state index < -0.39 is 11.8 Å². The summed E-state index contributed by atoms with van der Waals surface area (Å²) in [4.78, 5) is 29.2. The summed E-state index contributed by atoms with van der Waals surface area (Å²) < 4.78 is 2.72. The van der Waals surface area contributed by atoms with Crippen LogP contribution in [0.2, 0.25) is 0 Å². The van der Waals surface area contributed by atoms with Crippen molar-refractivity contribution in [2.45, 2.75) is 0 Å². The van der Waals surface area contributed by atoms with Crippen LogP contribution in [0.25, 0.3) is 11.8 Å². The number of benzene rings is 2. The van der Waals surface area contributed by atoms with E-state index in [4.69, 9.17) is 12.2 Å². The second-order valence-corrected chi connectivity index (χ2v) is 8.45. The molecule has 8 heteroatoms. The third kappa shape index (κ3) is 4.17. The minimum atomic E-state index is -0.517. The zero-order chi connectivity index (χ0) is 22.1. The Balaban J connectivity index is 1.71. The summed E-state index contributed by atoms with van der Waals surface area (Å²) in [6, 6.07) is 18.9. The number of nitrogens with one attached hydrogen (secondary N) is 1. The van der Waals surface area contributed by atoms with Crippen molar-refractivity contribution in [2.75, 3.05) is 23.9 Å². The molecule has 1 aromatic heterocycles. The predicted octanol–water partition coefficient (Wildman–Crippen LogP) is 4.14. The largest absolute Gasteiger partial charge is 0.378 e. The lowest BCUT2D eigenvalue weighted by Crippen LogP contribution is -2.54. The number of halogens is 1. The Bertz CT molecular complexity index is 1210. The Morgan fingerprint density at radius 1 is 1.00 bits per heavy atom. The van der Waals surface area contributed by atoms with Gasteiger partial charge in [0, 0.05) is 41.8 Å². The lowest BCUT2D eigenvalue weighted by molar-refractivity contribution is -0.122. The molecule has 1 fully saturated rings. The molecular formula is C23H19BrN4O2S. The van der Waals surface area contributed by atoms with Crippen molar-refractivity contribution < 1.29 is 9.59 Å². The molecule has 1 N–H and O–H groups in total. The van der Waals surface area contributed by atoms with E-state index in [1.807, 2.05) is 72.2 Å². The van der Waals surface area contributed by atoms with E-state index >= 15 is 0 Å². The molecule has 0 bridgehead atoms. The smallest absolute Gasteiger partial charge is 0.270 e. The predicted molar refractivity (Wildman–Crippen MR) is 130 cm³/mol. The van der Waals surface area contributed by atoms with E-state index in [0.717, 1.165) is 15.8 Å². The third-order valence-corrected chi connectivity index (χ3v) is 5.66. The van der Waals surface area contributed by atoms with Crippen molar-refractivity contribution in [2.24, 2.45) is 0 Å². The maximum Gasteiger partial charge on any atom is 0.270 e. The molecule has 1 aliphatic rings. The molecule has 1 aliphatic heterocycles. The van der Waals surface area contributed by atoms with Gasteiger partial charge in [0.05, 0.1) is 5.69 Å². The van der Waals surface area contributed by atoms with Crippen LogP contribution in [0.4, 0.5) is 11.4 Å². The first-order valence-corrected chi connectivity index (χ1v) is 10.7. The number of hydrogen-bond acceptors (Lipinski definition) is 4. The molecule has 2 heterocycles. The fourth-order valence-corrected chi connectivity index (χ4v) is 3.98. The zero-order valence-corrected chi connectivity index (χ0v) is 19.3. The molecule has 2 aromatic carbocycles. The number of nitrogens with zero attached hydrogens (tertiary/aromatic N) is 3. The minimum Gasteiger partial charge on any atom is -0.378 e. The quantitative estimate of drug-likeness (QED) is 0.336. The first-order chi connectivity index (χ1) is 14.8. The second-order valence-electron chi connectivity index (χ2n) is 7.15. The summed E-state index contributed by atoms with van der Waals surface area (Å²) in [6.45, 7) is 0. The van der Waals surface area contributed by atoms with Gasteiger partial charge in [0.2, 0.25) is 0 Å². The Hall–Kier alpha value is -3.23. The van der Waals surface area contributed by atoms with Gasteiger partial charge in [-0.15, -0.1) is 0 Å². The van der Waals surface area contributed by atoms with Gasteiger partial charge in [-0.1, -0.05) is 22.0 Å². The van der Waals surface area contributed by atoms with Crippen LogP contribution in [0.1, 0.15) is 5.69 Å². The standard InChI is InChI=1S/C23H19BrN4O2S/c1-26(2)16-8-10-17(11-9-16)27-12-4-7-18(27)14-20-21(29)25-23(31)28(22(20)30)19-6-3-5-15(24)13-19/h3-14H,1-2H3,(H,25,29,31)/b20-14+. The molecule has 156 valence electrons. The number of aromatic nitrogens is 1. The van der Waals surface area contributed by atoms with Crippen molar-refractivity contribution in [3.05, 3.63) is 82.6 Å². The van der Waals surface area contributed by atoms with Gasteiger partial charge in [-0.05, 0) is 72.9 Å². The van der Waals surface area contributed by atoms with Crippen LogP contribution in [-0.2, 0) is 9.59 Å². The van der Waals surface area contributed by atoms with Gasteiger partial charge in [-0.25, -0.2) is 0 Å². The summed E-state index contributed by atoms with van der Waals surface area (Å²) in [5.74, 6) is -0.987. The number of carbonyl (C=O) groups is 2. The molecule has 0 saturated carbocycles. The molecule has 0 spiro atoms. The second kappa shape index (κ2) is 8.49. The van der Waals surface area contributed by atoms with Gasteiger partial charge < -0.3 is 9.47 Å². The summed E-state index contributed by atoms with van der Waals surface area (Å²) in [5.41, 5.74) is 3.29. The maximum atomic E-state index is 13.2. The number of amides is 2. The number of anilines is 2. The Kier molecular flexibility index (Phi) is 5.75. The van der Waals surface area contributed by atoms with Crippen molar-refractivity contribution >= 4 is 62.5 Å². The molecule has 0 unspecified atom stereocenters. The minimum absolute atomic E-state index is 0.0124. The fourth-order valence-electron chi connectivity index (χ4n) is 3.31. The molecule has 3 aromatic rings. The average molecular weight is 495 g/mol. The Morgan fingerprint density at radius 3 is 2.42 bits per heavy atom. The maximum absolute atomic E-state index is 13.2. The number of rotatable bonds is 4. The van der Waals surface area contributed by atoms with E-state index in [0.29, 0.717) is 11.4 Å².